The number of unbranched alkanes of at least 4 members (excludes halogenated alkanes) is 1. The number of benzene rings is 1. The second-order valence-electron chi connectivity index (χ2n) is 7.07. The average Bonchev–Trinajstić information content (AvgIpc) is 3.21. The molecular formula is C20H29N3O2. The van der Waals surface area contributed by atoms with Crippen molar-refractivity contribution >= 4 is 11.8 Å². The third-order valence-corrected chi connectivity index (χ3v) is 5.42. The maximum absolute atomic E-state index is 12.3. The monoisotopic (exact) mass is 343 g/mol. The van der Waals surface area contributed by atoms with E-state index in [-0.39, 0.29) is 11.8 Å². The molecule has 2 aliphatic rings. The Bertz CT molecular complexity index is 617. The number of hydrogen-bond donors (Lipinski definition) is 1. The van der Waals surface area contributed by atoms with Crippen LogP contribution in [0.1, 0.15) is 54.9 Å². The number of likely N-dealkylation sites (N-methyl/N-ethyl adjacent to an activating group) is 1. The van der Waals surface area contributed by atoms with Crippen LogP contribution in [0.25, 0.3) is 0 Å². The summed E-state index contributed by atoms with van der Waals surface area (Å²) in [5.41, 5.74) is 1.94. The van der Waals surface area contributed by atoms with E-state index in [2.05, 4.69) is 17.1 Å². The molecule has 1 atom stereocenters. The van der Waals surface area contributed by atoms with Crippen LogP contribution in [0.4, 0.5) is 0 Å². The van der Waals surface area contributed by atoms with Crippen molar-refractivity contribution < 1.29 is 9.59 Å². The Morgan fingerprint density at radius 1 is 1.28 bits per heavy atom. The number of nitrogens with one attached hydrogen (secondary N) is 1. The van der Waals surface area contributed by atoms with Crippen molar-refractivity contribution in [2.75, 3.05) is 26.2 Å². The van der Waals surface area contributed by atoms with Gasteiger partial charge in [0.15, 0.2) is 0 Å². The van der Waals surface area contributed by atoms with Gasteiger partial charge in [0.2, 0.25) is 5.91 Å². The number of likely N-dealkylation sites (tertiary alicyclic amines) is 1. The van der Waals surface area contributed by atoms with Crippen molar-refractivity contribution in [3.63, 3.8) is 0 Å². The van der Waals surface area contributed by atoms with Crippen LogP contribution in [0.15, 0.2) is 24.3 Å². The van der Waals surface area contributed by atoms with Gasteiger partial charge >= 0.3 is 0 Å². The van der Waals surface area contributed by atoms with Crippen LogP contribution in [0, 0.1) is 0 Å². The lowest BCUT2D eigenvalue weighted by Crippen LogP contribution is -2.40. The van der Waals surface area contributed by atoms with E-state index >= 15 is 0 Å². The predicted molar refractivity (Wildman–Crippen MR) is 98.3 cm³/mol. The second-order valence-corrected chi connectivity index (χ2v) is 7.07. The van der Waals surface area contributed by atoms with E-state index in [4.69, 9.17) is 0 Å². The van der Waals surface area contributed by atoms with E-state index in [1.165, 1.54) is 12.8 Å². The van der Waals surface area contributed by atoms with Crippen molar-refractivity contribution in [1.29, 1.82) is 0 Å². The van der Waals surface area contributed by atoms with E-state index in [9.17, 15) is 9.59 Å². The lowest BCUT2D eigenvalue weighted by atomic mass is 10.1. The molecule has 0 radical (unpaired) electrons. The van der Waals surface area contributed by atoms with Crippen LogP contribution < -0.4 is 5.32 Å². The Morgan fingerprint density at radius 2 is 2.12 bits per heavy atom. The van der Waals surface area contributed by atoms with Gasteiger partial charge in [-0.25, -0.2) is 0 Å². The van der Waals surface area contributed by atoms with Crippen molar-refractivity contribution in [3.05, 3.63) is 35.4 Å². The number of hydrogen-bond acceptors (Lipinski definition) is 3. The quantitative estimate of drug-likeness (QED) is 0.738. The van der Waals surface area contributed by atoms with Crippen LogP contribution in [-0.4, -0.2) is 53.8 Å². The smallest absolute Gasteiger partial charge is 0.254 e. The first-order valence-corrected chi connectivity index (χ1v) is 9.57. The Labute approximate surface area is 150 Å². The van der Waals surface area contributed by atoms with E-state index in [0.29, 0.717) is 19.0 Å². The van der Waals surface area contributed by atoms with Crippen LogP contribution in [0.3, 0.4) is 0 Å². The molecule has 0 spiro atoms. The van der Waals surface area contributed by atoms with Crippen LogP contribution in [-0.2, 0) is 11.3 Å². The summed E-state index contributed by atoms with van der Waals surface area (Å²) in [5.74, 6) is 0.264. The summed E-state index contributed by atoms with van der Waals surface area (Å²) in [6.07, 6.45) is 4.67. The van der Waals surface area contributed by atoms with Gasteiger partial charge in [-0.3, -0.25) is 14.5 Å². The standard InChI is InChI=1S/C20H29N3O2/c1-2-22-13-7-9-17(22)14-21-19(24)11-5-6-12-23-15-16-8-3-4-10-18(16)20(23)25/h3-4,8,10,17H,2,5-7,9,11-15H2,1H3,(H,21,24). The number of nitrogens with zero attached hydrogens (tertiary/aromatic N) is 2. The van der Waals surface area contributed by atoms with Gasteiger partial charge < -0.3 is 10.2 Å². The Morgan fingerprint density at radius 3 is 2.92 bits per heavy atom. The largest absolute Gasteiger partial charge is 0.355 e. The van der Waals surface area contributed by atoms with Gasteiger partial charge in [0.1, 0.15) is 0 Å². The molecule has 0 bridgehead atoms. The fraction of sp³-hybridized carbons (Fsp3) is 0.600. The molecule has 1 N–H and O–H groups in total. The molecule has 0 saturated carbocycles. The fourth-order valence-electron chi connectivity index (χ4n) is 3.95. The topological polar surface area (TPSA) is 52.7 Å². The highest BCUT2D eigenvalue weighted by Gasteiger charge is 2.26. The Kier molecular flexibility index (Phi) is 6.08. The lowest BCUT2D eigenvalue weighted by molar-refractivity contribution is -0.121. The molecule has 2 aliphatic heterocycles. The van der Waals surface area contributed by atoms with E-state index < -0.39 is 0 Å². The summed E-state index contributed by atoms with van der Waals surface area (Å²) < 4.78 is 0. The van der Waals surface area contributed by atoms with Crippen LogP contribution >= 0.6 is 0 Å². The summed E-state index contributed by atoms with van der Waals surface area (Å²) in [7, 11) is 0. The zero-order valence-corrected chi connectivity index (χ0v) is 15.2. The number of rotatable bonds is 8. The van der Waals surface area contributed by atoms with Gasteiger partial charge in [0, 0.05) is 37.7 Å². The third kappa shape index (κ3) is 4.40. The van der Waals surface area contributed by atoms with Gasteiger partial charge in [-0.15, -0.1) is 0 Å². The molecule has 1 aromatic carbocycles. The zero-order valence-electron chi connectivity index (χ0n) is 15.2. The van der Waals surface area contributed by atoms with E-state index in [1.54, 1.807) is 0 Å². The molecule has 5 nitrogen and oxygen atoms in total. The highest BCUT2D eigenvalue weighted by Crippen LogP contribution is 2.22. The summed E-state index contributed by atoms with van der Waals surface area (Å²) in [5, 5.41) is 3.08. The lowest BCUT2D eigenvalue weighted by Gasteiger charge is -2.22. The summed E-state index contributed by atoms with van der Waals surface area (Å²) in [6.45, 7) is 6.60. The summed E-state index contributed by atoms with van der Waals surface area (Å²) in [4.78, 5) is 28.6. The maximum atomic E-state index is 12.3. The van der Waals surface area contributed by atoms with Gasteiger partial charge in [-0.1, -0.05) is 25.1 Å². The highest BCUT2D eigenvalue weighted by atomic mass is 16.2. The molecule has 136 valence electrons. The molecule has 0 aliphatic carbocycles. The minimum absolute atomic E-state index is 0.126. The molecule has 1 unspecified atom stereocenters. The molecule has 5 heteroatoms. The minimum Gasteiger partial charge on any atom is -0.355 e. The molecule has 3 rings (SSSR count). The van der Waals surface area contributed by atoms with Crippen LogP contribution in [0.2, 0.25) is 0 Å². The van der Waals surface area contributed by atoms with E-state index in [1.807, 2.05) is 29.2 Å². The van der Waals surface area contributed by atoms with Gasteiger partial charge in [0.05, 0.1) is 0 Å². The van der Waals surface area contributed by atoms with Gasteiger partial charge in [0.25, 0.3) is 5.91 Å². The molecular weight excluding hydrogens is 314 g/mol. The number of amides is 2. The predicted octanol–water partition coefficient (Wildman–Crippen LogP) is 2.41. The van der Waals surface area contributed by atoms with Crippen molar-refractivity contribution in [1.82, 2.24) is 15.1 Å². The van der Waals surface area contributed by atoms with Crippen molar-refractivity contribution in [2.24, 2.45) is 0 Å². The van der Waals surface area contributed by atoms with Crippen molar-refractivity contribution in [2.45, 2.75) is 51.6 Å². The zero-order chi connectivity index (χ0) is 17.6. The molecule has 25 heavy (non-hydrogen) atoms. The SMILES string of the molecule is CCN1CCCC1CNC(=O)CCCCN1Cc2ccccc2C1=O. The number of carbonyl (C=O) groups excluding carboxylic acids is 2. The summed E-state index contributed by atoms with van der Waals surface area (Å²) in [6, 6.07) is 8.31. The second kappa shape index (κ2) is 8.48. The number of carbonyl (C=O) groups is 2. The average molecular weight is 343 g/mol. The fourth-order valence-corrected chi connectivity index (χ4v) is 3.95. The molecule has 1 saturated heterocycles. The first-order valence-electron chi connectivity index (χ1n) is 9.57. The minimum atomic E-state index is 0.126. The van der Waals surface area contributed by atoms with E-state index in [0.717, 1.165) is 50.1 Å². The molecule has 2 heterocycles. The highest BCUT2D eigenvalue weighted by molar-refractivity contribution is 5.98. The number of fused-ring (bicyclic) bond motifs is 1. The molecule has 0 aromatic heterocycles. The van der Waals surface area contributed by atoms with Crippen LogP contribution in [0.5, 0.6) is 0 Å². The molecule has 1 fully saturated rings. The third-order valence-electron chi connectivity index (χ3n) is 5.42. The van der Waals surface area contributed by atoms with Crippen molar-refractivity contribution in [3.8, 4) is 0 Å². The Hall–Kier alpha value is -1.88. The Balaban J connectivity index is 1.31. The first-order chi connectivity index (χ1) is 12.2. The molecule has 2 amide bonds. The van der Waals surface area contributed by atoms with Gasteiger partial charge in [-0.05, 0) is 50.4 Å². The molecule has 1 aromatic rings. The first kappa shape index (κ1) is 17.9. The summed E-state index contributed by atoms with van der Waals surface area (Å²) >= 11 is 0. The normalized spacial score (nSPS) is 20.1. The van der Waals surface area contributed by atoms with Gasteiger partial charge in [-0.2, -0.15) is 0 Å². The maximum Gasteiger partial charge on any atom is 0.254 e.